The fourth-order valence-corrected chi connectivity index (χ4v) is 2.64. The number of aromatic nitrogens is 1. The van der Waals surface area contributed by atoms with Gasteiger partial charge in [-0.2, -0.15) is 0 Å². The van der Waals surface area contributed by atoms with Crippen molar-refractivity contribution in [1.29, 1.82) is 0 Å². The number of amides is 1. The van der Waals surface area contributed by atoms with E-state index in [2.05, 4.69) is 15.2 Å². The Bertz CT molecular complexity index is 528. The lowest BCUT2D eigenvalue weighted by Crippen LogP contribution is -2.23. The molecule has 1 aliphatic rings. The number of ether oxygens (including phenoxy) is 1. The average Bonchev–Trinajstić information content (AvgIpc) is 3.09. The van der Waals surface area contributed by atoms with Crippen molar-refractivity contribution in [3.63, 3.8) is 0 Å². The molecule has 0 aliphatic carbocycles. The maximum absolute atomic E-state index is 11.4. The van der Waals surface area contributed by atoms with Crippen LogP contribution >= 0.6 is 0 Å². The second-order valence-electron chi connectivity index (χ2n) is 5.96. The number of rotatable bonds is 10. The topological polar surface area (TPSA) is 80.5 Å². The molecule has 1 fully saturated rings. The summed E-state index contributed by atoms with van der Waals surface area (Å²) in [5.74, 6) is 0.672. The van der Waals surface area contributed by atoms with Gasteiger partial charge in [0.05, 0.1) is 0 Å². The largest absolute Gasteiger partial charge is 0.473 e. The molecular weight excluding hydrogens is 304 g/mol. The molecule has 1 saturated heterocycles. The van der Waals surface area contributed by atoms with Gasteiger partial charge in [-0.1, -0.05) is 6.08 Å². The first-order chi connectivity index (χ1) is 11.8. The maximum atomic E-state index is 11.4. The number of pyridine rings is 1. The summed E-state index contributed by atoms with van der Waals surface area (Å²) in [5, 5.41) is 2.81. The lowest BCUT2D eigenvalue weighted by atomic mass is 10.2. The Labute approximate surface area is 144 Å². The fraction of sp³-hybridized carbons (Fsp3) is 0.556. The van der Waals surface area contributed by atoms with Gasteiger partial charge in [-0.15, -0.1) is 0 Å². The van der Waals surface area contributed by atoms with Crippen LogP contribution in [0.5, 0.6) is 5.88 Å². The van der Waals surface area contributed by atoms with Crippen LogP contribution in [0.2, 0.25) is 0 Å². The van der Waals surface area contributed by atoms with Crippen molar-refractivity contribution in [3.8, 4) is 5.88 Å². The van der Waals surface area contributed by atoms with E-state index >= 15 is 0 Å². The van der Waals surface area contributed by atoms with Gasteiger partial charge in [0, 0.05) is 31.8 Å². The first kappa shape index (κ1) is 18.4. The highest BCUT2D eigenvalue weighted by atomic mass is 16.5. The van der Waals surface area contributed by atoms with Crippen LogP contribution in [0.25, 0.3) is 0 Å². The second kappa shape index (κ2) is 10.8. The van der Waals surface area contributed by atoms with Crippen LogP contribution in [0, 0.1) is 0 Å². The van der Waals surface area contributed by atoms with Crippen LogP contribution in [0.4, 0.5) is 0 Å². The molecule has 2 heterocycles. The van der Waals surface area contributed by atoms with Crippen LogP contribution in [-0.4, -0.2) is 48.6 Å². The van der Waals surface area contributed by atoms with Crippen LogP contribution in [0.15, 0.2) is 30.5 Å². The molecule has 6 heteroatoms. The quantitative estimate of drug-likeness (QED) is 0.634. The summed E-state index contributed by atoms with van der Waals surface area (Å²) < 4.78 is 5.64. The molecule has 6 nitrogen and oxygen atoms in total. The molecular formula is C18H28N4O2. The zero-order chi connectivity index (χ0) is 17.0. The third-order valence-electron chi connectivity index (χ3n) is 3.92. The van der Waals surface area contributed by atoms with Gasteiger partial charge < -0.3 is 15.8 Å². The van der Waals surface area contributed by atoms with Crippen LogP contribution in [-0.2, 0) is 11.3 Å². The van der Waals surface area contributed by atoms with Crippen molar-refractivity contribution in [2.75, 3.05) is 32.8 Å². The van der Waals surface area contributed by atoms with Crippen molar-refractivity contribution in [2.24, 2.45) is 5.73 Å². The normalized spacial score (nSPS) is 15.0. The Balaban J connectivity index is 1.64. The van der Waals surface area contributed by atoms with Crippen LogP contribution in [0.1, 0.15) is 31.2 Å². The van der Waals surface area contributed by atoms with E-state index in [4.69, 9.17) is 10.5 Å². The first-order valence-corrected chi connectivity index (χ1v) is 8.70. The number of nitrogens with one attached hydrogen (secondary N) is 1. The second-order valence-corrected chi connectivity index (χ2v) is 5.96. The number of nitrogens with two attached hydrogens (primary N) is 1. The van der Waals surface area contributed by atoms with E-state index in [1.165, 1.54) is 31.5 Å². The Kier molecular flexibility index (Phi) is 8.27. The molecule has 1 aliphatic heterocycles. The molecule has 1 aromatic heterocycles. The lowest BCUT2D eigenvalue weighted by Gasteiger charge is -2.14. The average molecular weight is 332 g/mol. The van der Waals surface area contributed by atoms with Crippen molar-refractivity contribution >= 4 is 5.91 Å². The third kappa shape index (κ3) is 7.10. The number of carbonyl (C=O) groups excluding carboxylic acids is 1. The molecule has 1 amide bonds. The Morgan fingerprint density at radius 3 is 3.00 bits per heavy atom. The van der Waals surface area contributed by atoms with Crippen LogP contribution in [0.3, 0.4) is 0 Å². The minimum Gasteiger partial charge on any atom is -0.473 e. The molecule has 0 radical (unpaired) electrons. The summed E-state index contributed by atoms with van der Waals surface area (Å²) in [5.41, 5.74) is 6.60. The van der Waals surface area contributed by atoms with Gasteiger partial charge in [-0.25, -0.2) is 4.98 Å². The predicted molar refractivity (Wildman–Crippen MR) is 94.7 cm³/mol. The molecule has 132 valence electrons. The molecule has 0 bridgehead atoms. The standard InChI is InChI=1S/C18H28N4O2/c19-8-5-6-17(23)20-9-1-4-13-24-18-14-16(7-10-21-18)15-22-11-2-3-12-22/h1,4,7,10,14H,2-3,5-6,8-9,11-13,15,19H2,(H,20,23)/b4-1-. The van der Waals surface area contributed by atoms with Gasteiger partial charge in [0.15, 0.2) is 0 Å². The zero-order valence-electron chi connectivity index (χ0n) is 14.2. The van der Waals surface area contributed by atoms with E-state index in [-0.39, 0.29) is 5.91 Å². The zero-order valence-corrected chi connectivity index (χ0v) is 14.2. The summed E-state index contributed by atoms with van der Waals surface area (Å²) in [7, 11) is 0. The number of nitrogens with zero attached hydrogens (tertiary/aromatic N) is 2. The molecule has 0 aromatic carbocycles. The van der Waals surface area contributed by atoms with Gasteiger partial charge >= 0.3 is 0 Å². The van der Waals surface area contributed by atoms with E-state index in [1.54, 1.807) is 6.20 Å². The van der Waals surface area contributed by atoms with Gasteiger partial charge in [0.2, 0.25) is 11.8 Å². The fourth-order valence-electron chi connectivity index (χ4n) is 2.64. The molecule has 0 spiro atoms. The molecule has 24 heavy (non-hydrogen) atoms. The van der Waals surface area contributed by atoms with Crippen molar-refractivity contribution in [3.05, 3.63) is 36.0 Å². The summed E-state index contributed by atoms with van der Waals surface area (Å²) in [6, 6.07) is 4.04. The SMILES string of the molecule is NCCCC(=O)NC/C=C\COc1cc(CN2CCCC2)ccn1. The molecule has 0 saturated carbocycles. The summed E-state index contributed by atoms with van der Waals surface area (Å²) in [4.78, 5) is 18.1. The van der Waals surface area contributed by atoms with E-state index < -0.39 is 0 Å². The van der Waals surface area contributed by atoms with Crippen molar-refractivity contribution in [1.82, 2.24) is 15.2 Å². The molecule has 1 aromatic rings. The number of hydrogen-bond donors (Lipinski definition) is 2. The molecule has 3 N–H and O–H groups in total. The summed E-state index contributed by atoms with van der Waals surface area (Å²) in [6.07, 6.45) is 9.35. The lowest BCUT2D eigenvalue weighted by molar-refractivity contribution is -0.120. The Hall–Kier alpha value is -1.92. The monoisotopic (exact) mass is 332 g/mol. The number of hydrogen-bond acceptors (Lipinski definition) is 5. The molecule has 0 unspecified atom stereocenters. The minimum atomic E-state index is 0.0299. The van der Waals surface area contributed by atoms with E-state index in [9.17, 15) is 4.79 Å². The number of carbonyl (C=O) groups is 1. The van der Waals surface area contributed by atoms with Crippen molar-refractivity contribution < 1.29 is 9.53 Å². The Morgan fingerprint density at radius 2 is 2.21 bits per heavy atom. The first-order valence-electron chi connectivity index (χ1n) is 8.70. The Morgan fingerprint density at radius 1 is 1.38 bits per heavy atom. The van der Waals surface area contributed by atoms with Gasteiger partial charge in [0.25, 0.3) is 0 Å². The third-order valence-corrected chi connectivity index (χ3v) is 3.92. The highest BCUT2D eigenvalue weighted by molar-refractivity contribution is 5.75. The molecule has 0 atom stereocenters. The van der Waals surface area contributed by atoms with E-state index in [0.717, 1.165) is 13.0 Å². The maximum Gasteiger partial charge on any atom is 0.220 e. The van der Waals surface area contributed by atoms with Gasteiger partial charge in [-0.05, 0) is 56.6 Å². The van der Waals surface area contributed by atoms with Gasteiger partial charge in [-0.3, -0.25) is 9.69 Å². The summed E-state index contributed by atoms with van der Waals surface area (Å²) in [6.45, 7) is 4.81. The smallest absolute Gasteiger partial charge is 0.220 e. The highest BCUT2D eigenvalue weighted by Crippen LogP contribution is 2.15. The van der Waals surface area contributed by atoms with Crippen molar-refractivity contribution in [2.45, 2.75) is 32.2 Å². The predicted octanol–water partition coefficient (Wildman–Crippen LogP) is 1.47. The van der Waals surface area contributed by atoms with E-state index in [0.29, 0.717) is 32.0 Å². The highest BCUT2D eigenvalue weighted by Gasteiger charge is 2.11. The van der Waals surface area contributed by atoms with E-state index in [1.807, 2.05) is 24.3 Å². The van der Waals surface area contributed by atoms with Crippen LogP contribution < -0.4 is 15.8 Å². The van der Waals surface area contributed by atoms with Gasteiger partial charge in [0.1, 0.15) is 6.61 Å². The number of likely N-dealkylation sites (tertiary alicyclic amines) is 1. The molecule has 2 rings (SSSR count). The summed E-state index contributed by atoms with van der Waals surface area (Å²) >= 11 is 0. The minimum absolute atomic E-state index is 0.0299.